The van der Waals surface area contributed by atoms with Crippen molar-refractivity contribution in [1.29, 1.82) is 0 Å². The molecule has 5 nitrogen and oxygen atoms in total. The van der Waals surface area contributed by atoms with Crippen molar-refractivity contribution in [3.8, 4) is 0 Å². The fourth-order valence-electron chi connectivity index (χ4n) is 2.35. The zero-order valence-corrected chi connectivity index (χ0v) is 12.3. The van der Waals surface area contributed by atoms with Crippen molar-refractivity contribution >= 4 is 5.97 Å². The van der Waals surface area contributed by atoms with Crippen LogP contribution in [0.3, 0.4) is 0 Å². The van der Waals surface area contributed by atoms with E-state index in [1.54, 1.807) is 6.92 Å². The van der Waals surface area contributed by atoms with Crippen LogP contribution in [0.15, 0.2) is 0 Å². The molecule has 0 aromatic rings. The van der Waals surface area contributed by atoms with Gasteiger partial charge in [-0.25, -0.2) is 0 Å². The van der Waals surface area contributed by atoms with Gasteiger partial charge in [-0.1, -0.05) is 6.92 Å². The first-order chi connectivity index (χ1) is 9.08. The summed E-state index contributed by atoms with van der Waals surface area (Å²) in [6.45, 7) is 9.22. The lowest BCUT2D eigenvalue weighted by atomic mass is 9.95. The number of nitrogens with one attached hydrogen (secondary N) is 1. The van der Waals surface area contributed by atoms with Crippen molar-refractivity contribution in [3.05, 3.63) is 0 Å². The quantitative estimate of drug-likeness (QED) is 0.698. The molecule has 0 aromatic carbocycles. The van der Waals surface area contributed by atoms with Gasteiger partial charge < -0.3 is 20.1 Å². The highest BCUT2D eigenvalue weighted by atomic mass is 16.5. The maximum atomic E-state index is 11.4. The maximum absolute atomic E-state index is 11.4. The molecule has 1 unspecified atom stereocenters. The first-order valence-corrected chi connectivity index (χ1v) is 7.37. The summed E-state index contributed by atoms with van der Waals surface area (Å²) >= 11 is 0. The van der Waals surface area contributed by atoms with Gasteiger partial charge in [0.25, 0.3) is 0 Å². The van der Waals surface area contributed by atoms with Crippen LogP contribution in [0.4, 0.5) is 0 Å². The summed E-state index contributed by atoms with van der Waals surface area (Å²) in [4.78, 5) is 13.7. The van der Waals surface area contributed by atoms with Gasteiger partial charge in [0.05, 0.1) is 6.61 Å². The largest absolute Gasteiger partial charge is 0.480 e. The average molecular weight is 272 g/mol. The molecule has 0 aromatic heterocycles. The molecule has 2 N–H and O–H groups in total. The fraction of sp³-hybridized carbons (Fsp3) is 0.929. The zero-order valence-electron chi connectivity index (χ0n) is 12.3. The predicted octanol–water partition coefficient (Wildman–Crippen LogP) is 1.33. The topological polar surface area (TPSA) is 61.8 Å². The molecule has 1 aliphatic rings. The predicted molar refractivity (Wildman–Crippen MR) is 75.4 cm³/mol. The van der Waals surface area contributed by atoms with Crippen molar-refractivity contribution in [1.82, 2.24) is 10.2 Å². The van der Waals surface area contributed by atoms with Gasteiger partial charge in [-0.05, 0) is 45.7 Å². The van der Waals surface area contributed by atoms with E-state index in [-0.39, 0.29) is 0 Å². The van der Waals surface area contributed by atoms with Crippen LogP contribution in [0.5, 0.6) is 0 Å². The minimum Gasteiger partial charge on any atom is -0.480 e. The van der Waals surface area contributed by atoms with Gasteiger partial charge in [-0.3, -0.25) is 4.79 Å². The fourth-order valence-corrected chi connectivity index (χ4v) is 2.35. The number of hydrogen-bond acceptors (Lipinski definition) is 4. The summed E-state index contributed by atoms with van der Waals surface area (Å²) in [6, 6.07) is 0. The second-order valence-corrected chi connectivity index (χ2v) is 5.48. The summed E-state index contributed by atoms with van der Waals surface area (Å²) in [5.74, 6) is -0.750. The van der Waals surface area contributed by atoms with Crippen LogP contribution < -0.4 is 5.32 Å². The van der Waals surface area contributed by atoms with Crippen LogP contribution >= 0.6 is 0 Å². The van der Waals surface area contributed by atoms with Crippen molar-refractivity contribution in [3.63, 3.8) is 0 Å². The summed E-state index contributed by atoms with van der Waals surface area (Å²) in [5, 5.41) is 12.5. The van der Waals surface area contributed by atoms with E-state index < -0.39 is 11.5 Å². The van der Waals surface area contributed by atoms with E-state index in [2.05, 4.69) is 10.2 Å². The number of carboxylic acids is 1. The Balaban J connectivity index is 2.32. The highest BCUT2D eigenvalue weighted by molar-refractivity contribution is 5.78. The summed E-state index contributed by atoms with van der Waals surface area (Å²) < 4.78 is 5.42. The summed E-state index contributed by atoms with van der Waals surface area (Å²) in [6.07, 6.45) is 3.59. The zero-order chi connectivity index (χ0) is 14.1. The minimum atomic E-state index is -0.793. The number of nitrogens with zero attached hydrogens (tertiary/aromatic N) is 1. The number of hydrogen-bond donors (Lipinski definition) is 2. The van der Waals surface area contributed by atoms with E-state index in [0.717, 1.165) is 58.7 Å². The second kappa shape index (κ2) is 8.51. The maximum Gasteiger partial charge on any atom is 0.323 e. The van der Waals surface area contributed by atoms with E-state index in [0.29, 0.717) is 6.42 Å². The highest BCUT2D eigenvalue weighted by Crippen LogP contribution is 2.14. The first kappa shape index (κ1) is 16.4. The molecule has 112 valence electrons. The van der Waals surface area contributed by atoms with Crippen molar-refractivity contribution in [2.75, 3.05) is 39.4 Å². The third-order valence-electron chi connectivity index (χ3n) is 3.70. The smallest absolute Gasteiger partial charge is 0.323 e. The average Bonchev–Trinajstić information content (AvgIpc) is 2.65. The number of carbonyl (C=O) groups is 1. The van der Waals surface area contributed by atoms with Crippen molar-refractivity contribution in [2.24, 2.45) is 0 Å². The van der Waals surface area contributed by atoms with E-state index in [4.69, 9.17) is 4.74 Å². The van der Waals surface area contributed by atoms with Crippen LogP contribution in [-0.2, 0) is 9.53 Å². The number of aliphatic carboxylic acids is 1. The molecule has 0 saturated carbocycles. The lowest BCUT2D eigenvalue weighted by molar-refractivity contribution is -0.144. The SMILES string of the molecule is CCCNC(C)(CCCN1CCCOCC1)C(=O)O. The van der Waals surface area contributed by atoms with Gasteiger partial charge in [0.2, 0.25) is 0 Å². The van der Waals surface area contributed by atoms with Crippen molar-refractivity contribution < 1.29 is 14.6 Å². The molecular weight excluding hydrogens is 244 g/mol. The highest BCUT2D eigenvalue weighted by Gasteiger charge is 2.31. The lowest BCUT2D eigenvalue weighted by Crippen LogP contribution is -2.50. The molecule has 1 heterocycles. The van der Waals surface area contributed by atoms with Gasteiger partial charge in [-0.15, -0.1) is 0 Å². The molecule has 0 radical (unpaired) electrons. The van der Waals surface area contributed by atoms with Crippen LogP contribution in [0.25, 0.3) is 0 Å². The molecule has 1 saturated heterocycles. The van der Waals surface area contributed by atoms with Gasteiger partial charge in [0.1, 0.15) is 5.54 Å². The van der Waals surface area contributed by atoms with Crippen LogP contribution in [0.2, 0.25) is 0 Å². The second-order valence-electron chi connectivity index (χ2n) is 5.48. The number of rotatable bonds is 8. The van der Waals surface area contributed by atoms with Gasteiger partial charge in [0.15, 0.2) is 0 Å². The molecule has 0 amide bonds. The van der Waals surface area contributed by atoms with E-state index >= 15 is 0 Å². The summed E-state index contributed by atoms with van der Waals surface area (Å²) in [7, 11) is 0. The molecule has 19 heavy (non-hydrogen) atoms. The Morgan fingerprint density at radius 2 is 2.21 bits per heavy atom. The van der Waals surface area contributed by atoms with Gasteiger partial charge in [0, 0.05) is 19.7 Å². The number of carboxylic acid groups (broad SMARTS) is 1. The lowest BCUT2D eigenvalue weighted by Gasteiger charge is -2.27. The van der Waals surface area contributed by atoms with Gasteiger partial charge >= 0.3 is 5.97 Å². The normalized spacial score (nSPS) is 20.7. The van der Waals surface area contributed by atoms with E-state index in [1.807, 2.05) is 6.92 Å². The van der Waals surface area contributed by atoms with Crippen LogP contribution in [0.1, 0.15) is 39.5 Å². The molecule has 0 spiro atoms. The van der Waals surface area contributed by atoms with Crippen LogP contribution in [0, 0.1) is 0 Å². The Hall–Kier alpha value is -0.650. The Bertz CT molecular complexity index is 265. The van der Waals surface area contributed by atoms with Gasteiger partial charge in [-0.2, -0.15) is 0 Å². The molecule has 0 bridgehead atoms. The Morgan fingerprint density at radius 3 is 2.89 bits per heavy atom. The molecule has 1 fully saturated rings. The molecule has 1 atom stereocenters. The molecule has 5 heteroatoms. The minimum absolute atomic E-state index is 0.666. The number of ether oxygens (including phenoxy) is 1. The van der Waals surface area contributed by atoms with E-state index in [9.17, 15) is 9.90 Å². The standard InChI is InChI=1S/C14H28N2O3/c1-3-7-15-14(2,13(17)18)6-4-8-16-9-5-11-19-12-10-16/h15H,3-12H2,1-2H3,(H,17,18). The molecule has 0 aliphatic carbocycles. The molecule has 1 aliphatic heterocycles. The summed E-state index contributed by atoms with van der Waals surface area (Å²) in [5.41, 5.74) is -0.793. The molecular formula is C14H28N2O3. The Kier molecular flexibility index (Phi) is 7.34. The third-order valence-corrected chi connectivity index (χ3v) is 3.70. The first-order valence-electron chi connectivity index (χ1n) is 7.37. The Morgan fingerprint density at radius 1 is 1.42 bits per heavy atom. The van der Waals surface area contributed by atoms with Crippen molar-refractivity contribution in [2.45, 2.75) is 45.1 Å². The molecule has 1 rings (SSSR count). The Labute approximate surface area is 116 Å². The van der Waals surface area contributed by atoms with E-state index in [1.165, 1.54) is 0 Å². The monoisotopic (exact) mass is 272 g/mol. The van der Waals surface area contributed by atoms with Crippen LogP contribution in [-0.4, -0.2) is 60.9 Å². The third kappa shape index (κ3) is 5.89.